The highest BCUT2D eigenvalue weighted by molar-refractivity contribution is 6.06. The van der Waals surface area contributed by atoms with Crippen molar-refractivity contribution in [3.8, 4) is 5.75 Å². The summed E-state index contributed by atoms with van der Waals surface area (Å²) < 4.78 is 10.6. The van der Waals surface area contributed by atoms with E-state index in [1.165, 1.54) is 12.1 Å². The van der Waals surface area contributed by atoms with Crippen LogP contribution in [-0.4, -0.2) is 34.1 Å². The lowest BCUT2D eigenvalue weighted by molar-refractivity contribution is -0.385. The molecule has 9 heteroatoms. The van der Waals surface area contributed by atoms with Gasteiger partial charge in [-0.1, -0.05) is 6.92 Å². The lowest BCUT2D eigenvalue weighted by atomic mass is 9.99. The van der Waals surface area contributed by atoms with E-state index in [0.717, 1.165) is 4.90 Å². The SMILES string of the molecule is CC[C@]1(C)NC(=O)N(Cc2cc([N+](=O)[O-])cc3c2OCOC3)C1=O. The molecule has 1 aromatic carbocycles. The van der Waals surface area contributed by atoms with Gasteiger partial charge in [0.25, 0.3) is 11.6 Å². The molecule has 0 spiro atoms. The molecule has 0 unspecified atom stereocenters. The monoisotopic (exact) mass is 335 g/mol. The van der Waals surface area contributed by atoms with Crippen LogP contribution < -0.4 is 10.1 Å². The van der Waals surface area contributed by atoms with E-state index in [0.29, 0.717) is 23.3 Å². The van der Waals surface area contributed by atoms with Crippen LogP contribution in [0.4, 0.5) is 10.5 Å². The Bertz CT molecular complexity index is 734. The van der Waals surface area contributed by atoms with Crippen LogP contribution in [0.3, 0.4) is 0 Å². The van der Waals surface area contributed by atoms with Gasteiger partial charge in [0.2, 0.25) is 0 Å². The summed E-state index contributed by atoms with van der Waals surface area (Å²) in [5.74, 6) is 0.0693. The fourth-order valence-electron chi connectivity index (χ4n) is 2.80. The van der Waals surface area contributed by atoms with Gasteiger partial charge in [0, 0.05) is 23.3 Å². The lowest BCUT2D eigenvalue weighted by Gasteiger charge is -2.23. The highest BCUT2D eigenvalue weighted by Gasteiger charge is 2.46. The van der Waals surface area contributed by atoms with E-state index in [4.69, 9.17) is 9.47 Å². The molecule has 3 rings (SSSR count). The number of benzene rings is 1. The number of urea groups is 1. The number of carbonyl (C=O) groups excluding carboxylic acids is 2. The molecule has 3 amide bonds. The van der Waals surface area contributed by atoms with E-state index in [-0.39, 0.29) is 31.5 Å². The maximum Gasteiger partial charge on any atom is 0.325 e. The molecule has 0 aromatic heterocycles. The molecule has 0 aliphatic carbocycles. The average molecular weight is 335 g/mol. The maximum absolute atomic E-state index is 12.5. The van der Waals surface area contributed by atoms with Gasteiger partial charge < -0.3 is 14.8 Å². The molecule has 128 valence electrons. The summed E-state index contributed by atoms with van der Waals surface area (Å²) in [7, 11) is 0. The summed E-state index contributed by atoms with van der Waals surface area (Å²) in [6.07, 6.45) is 0.450. The molecular formula is C15H17N3O6. The predicted molar refractivity (Wildman–Crippen MR) is 81.2 cm³/mol. The predicted octanol–water partition coefficient (Wildman–Crippen LogP) is 1.68. The number of nitrogens with zero attached hydrogens (tertiary/aromatic N) is 2. The zero-order chi connectivity index (χ0) is 17.5. The second-order valence-electron chi connectivity index (χ2n) is 5.97. The normalized spacial score (nSPS) is 22.8. The standard InChI is InChI=1S/C15H17N3O6/c1-3-15(2)13(19)17(14(20)16-15)6-9-4-11(18(21)22)5-10-7-23-8-24-12(9)10/h4-5H,3,6-8H2,1-2H3,(H,16,20)/t15-/m0/s1. The van der Waals surface area contributed by atoms with Gasteiger partial charge in [-0.05, 0) is 13.3 Å². The van der Waals surface area contributed by atoms with Crippen molar-refractivity contribution < 1.29 is 24.0 Å². The zero-order valence-corrected chi connectivity index (χ0v) is 13.3. The molecule has 1 atom stereocenters. The van der Waals surface area contributed by atoms with E-state index in [2.05, 4.69) is 5.32 Å². The number of fused-ring (bicyclic) bond motifs is 1. The van der Waals surface area contributed by atoms with E-state index >= 15 is 0 Å². The Morgan fingerprint density at radius 3 is 2.79 bits per heavy atom. The summed E-state index contributed by atoms with van der Waals surface area (Å²) in [6.45, 7) is 3.56. The van der Waals surface area contributed by atoms with Crippen LogP contribution in [0.1, 0.15) is 31.4 Å². The van der Waals surface area contributed by atoms with Crippen LogP contribution in [0.2, 0.25) is 0 Å². The molecule has 0 saturated carbocycles. The van der Waals surface area contributed by atoms with Crippen molar-refractivity contribution in [3.05, 3.63) is 33.4 Å². The Balaban J connectivity index is 1.98. The molecular weight excluding hydrogens is 318 g/mol. The Kier molecular flexibility index (Phi) is 3.88. The molecule has 2 aliphatic heterocycles. The zero-order valence-electron chi connectivity index (χ0n) is 13.3. The topological polar surface area (TPSA) is 111 Å². The van der Waals surface area contributed by atoms with Gasteiger partial charge in [0.15, 0.2) is 6.79 Å². The highest BCUT2D eigenvalue weighted by Crippen LogP contribution is 2.34. The van der Waals surface area contributed by atoms with Crippen LogP contribution >= 0.6 is 0 Å². The van der Waals surface area contributed by atoms with Crippen LogP contribution in [-0.2, 0) is 22.7 Å². The quantitative estimate of drug-likeness (QED) is 0.509. The molecule has 2 aliphatic rings. The molecule has 1 fully saturated rings. The van der Waals surface area contributed by atoms with Crippen LogP contribution in [0.5, 0.6) is 5.75 Å². The van der Waals surface area contributed by atoms with Gasteiger partial charge in [0.1, 0.15) is 11.3 Å². The average Bonchev–Trinajstić information content (AvgIpc) is 2.78. The summed E-state index contributed by atoms with van der Waals surface area (Å²) in [5.41, 5.74) is -0.160. The van der Waals surface area contributed by atoms with Crippen LogP contribution in [0, 0.1) is 10.1 Å². The van der Waals surface area contributed by atoms with Gasteiger partial charge in [-0.25, -0.2) is 4.79 Å². The van der Waals surface area contributed by atoms with Gasteiger partial charge in [-0.3, -0.25) is 19.8 Å². The first-order chi connectivity index (χ1) is 11.4. The number of carbonyl (C=O) groups is 2. The Morgan fingerprint density at radius 1 is 1.42 bits per heavy atom. The van der Waals surface area contributed by atoms with Crippen molar-refractivity contribution in [1.29, 1.82) is 0 Å². The Hall–Kier alpha value is -2.68. The maximum atomic E-state index is 12.5. The molecule has 0 bridgehead atoms. The number of non-ortho nitro benzene ring substituents is 1. The van der Waals surface area contributed by atoms with Crippen LogP contribution in [0.15, 0.2) is 12.1 Å². The minimum Gasteiger partial charge on any atom is -0.467 e. The number of nitro groups is 1. The molecule has 9 nitrogen and oxygen atoms in total. The van der Waals surface area contributed by atoms with Gasteiger partial charge in [-0.2, -0.15) is 0 Å². The number of nitro benzene ring substituents is 1. The van der Waals surface area contributed by atoms with Gasteiger partial charge in [0.05, 0.1) is 18.1 Å². The van der Waals surface area contributed by atoms with Gasteiger partial charge in [-0.15, -0.1) is 0 Å². The molecule has 2 heterocycles. The van der Waals surface area contributed by atoms with E-state index in [1.807, 2.05) is 0 Å². The highest BCUT2D eigenvalue weighted by atomic mass is 16.7. The Morgan fingerprint density at radius 2 is 2.17 bits per heavy atom. The fourth-order valence-corrected chi connectivity index (χ4v) is 2.80. The first-order valence-electron chi connectivity index (χ1n) is 7.50. The summed E-state index contributed by atoms with van der Waals surface area (Å²) in [4.78, 5) is 36.3. The molecule has 1 saturated heterocycles. The number of rotatable bonds is 4. The van der Waals surface area contributed by atoms with Crippen molar-refractivity contribution in [3.63, 3.8) is 0 Å². The minimum absolute atomic E-state index is 0.0185. The third-order valence-corrected chi connectivity index (χ3v) is 4.36. The van der Waals surface area contributed by atoms with E-state index < -0.39 is 16.5 Å². The third-order valence-electron chi connectivity index (χ3n) is 4.36. The van der Waals surface area contributed by atoms with Crippen molar-refractivity contribution in [2.24, 2.45) is 0 Å². The molecule has 24 heavy (non-hydrogen) atoms. The summed E-state index contributed by atoms with van der Waals surface area (Å²) in [6, 6.07) is 2.18. The first kappa shape index (κ1) is 16.2. The number of amides is 3. The fraction of sp³-hybridized carbons (Fsp3) is 0.467. The van der Waals surface area contributed by atoms with Gasteiger partial charge >= 0.3 is 6.03 Å². The van der Waals surface area contributed by atoms with Crippen LogP contribution in [0.25, 0.3) is 0 Å². The van der Waals surface area contributed by atoms with Crippen molar-refractivity contribution in [2.45, 2.75) is 39.0 Å². The number of imide groups is 1. The van der Waals surface area contributed by atoms with Crippen molar-refractivity contribution in [1.82, 2.24) is 10.2 Å². The lowest BCUT2D eigenvalue weighted by Crippen LogP contribution is -2.43. The molecule has 1 N–H and O–H groups in total. The van der Waals surface area contributed by atoms with E-state index in [9.17, 15) is 19.7 Å². The Labute approximate surface area is 137 Å². The number of hydrogen-bond donors (Lipinski definition) is 1. The number of nitrogens with one attached hydrogen (secondary N) is 1. The van der Waals surface area contributed by atoms with Crippen molar-refractivity contribution >= 4 is 17.6 Å². The van der Waals surface area contributed by atoms with Crippen molar-refractivity contribution in [2.75, 3.05) is 6.79 Å². The smallest absolute Gasteiger partial charge is 0.325 e. The molecule has 1 aromatic rings. The first-order valence-corrected chi connectivity index (χ1v) is 7.50. The summed E-state index contributed by atoms with van der Waals surface area (Å²) >= 11 is 0. The number of ether oxygens (including phenoxy) is 2. The number of hydrogen-bond acceptors (Lipinski definition) is 6. The third kappa shape index (κ3) is 2.56. The second kappa shape index (κ2) is 5.75. The summed E-state index contributed by atoms with van der Waals surface area (Å²) in [5, 5.41) is 13.8. The largest absolute Gasteiger partial charge is 0.467 e. The minimum atomic E-state index is -0.957. The second-order valence-corrected chi connectivity index (χ2v) is 5.97. The van der Waals surface area contributed by atoms with E-state index in [1.54, 1.807) is 13.8 Å². The molecule has 0 radical (unpaired) electrons.